The van der Waals surface area contributed by atoms with E-state index < -0.39 is 28.5 Å². The lowest BCUT2D eigenvalue weighted by molar-refractivity contribution is -0.140. The van der Waals surface area contributed by atoms with Crippen LogP contribution in [0.2, 0.25) is 0 Å². The number of ether oxygens (including phenoxy) is 2. The number of rotatable bonds is 15. The first-order valence-electron chi connectivity index (χ1n) is 13.9. The molecule has 0 aromatic heterocycles. The Bertz CT molecular complexity index is 1410. The van der Waals surface area contributed by atoms with Crippen molar-refractivity contribution < 1.29 is 27.5 Å². The smallest absolute Gasteiger partial charge is 0.264 e. The van der Waals surface area contributed by atoms with Gasteiger partial charge in [0, 0.05) is 17.6 Å². The zero-order valence-electron chi connectivity index (χ0n) is 24.4. The highest BCUT2D eigenvalue weighted by Gasteiger charge is 2.33. The Morgan fingerprint density at radius 1 is 0.905 bits per heavy atom. The fraction of sp³-hybridized carbons (Fsp3) is 0.355. The summed E-state index contributed by atoms with van der Waals surface area (Å²) < 4.78 is 40.5. The Labute approximate surface area is 257 Å². The number of benzene rings is 3. The van der Waals surface area contributed by atoms with Crippen molar-refractivity contribution in [2.24, 2.45) is 0 Å². The van der Waals surface area contributed by atoms with Gasteiger partial charge in [-0.1, -0.05) is 41.9 Å². The molecule has 1 N–H and O–H groups in total. The molecule has 226 valence electrons. The van der Waals surface area contributed by atoms with Crippen molar-refractivity contribution in [2.45, 2.75) is 51.1 Å². The Morgan fingerprint density at radius 2 is 1.52 bits per heavy atom. The molecule has 3 aromatic rings. The first-order valence-corrected chi connectivity index (χ1v) is 16.1. The predicted octanol–water partition coefficient (Wildman–Crippen LogP) is 5.39. The summed E-state index contributed by atoms with van der Waals surface area (Å²) >= 11 is 3.34. The summed E-state index contributed by atoms with van der Waals surface area (Å²) in [5.74, 6) is 0.434. The first kappa shape index (κ1) is 32.9. The van der Waals surface area contributed by atoms with Gasteiger partial charge >= 0.3 is 0 Å². The molecule has 0 radical (unpaired) electrons. The molecule has 0 aliphatic heterocycles. The number of anilines is 1. The van der Waals surface area contributed by atoms with E-state index in [1.165, 1.54) is 17.0 Å². The SMILES string of the molecule is CCCNC(=O)C(CC)N(Cc1ccc(OC)cc1)C(=O)CN(c1ccc(OCC)cc1)S(=O)(=O)c1ccc(Br)cc1. The third-order valence-electron chi connectivity index (χ3n) is 6.56. The molecule has 3 aromatic carbocycles. The molecule has 1 atom stereocenters. The maximum atomic E-state index is 14.1. The van der Waals surface area contributed by atoms with Crippen LogP contribution in [-0.2, 0) is 26.2 Å². The number of halogens is 1. The molecule has 1 unspecified atom stereocenters. The Hall–Kier alpha value is -3.57. The van der Waals surface area contributed by atoms with Gasteiger partial charge in [-0.15, -0.1) is 0 Å². The average Bonchev–Trinajstić information content (AvgIpc) is 2.99. The molecular weight excluding hydrogens is 622 g/mol. The van der Waals surface area contributed by atoms with Gasteiger partial charge in [0.2, 0.25) is 11.8 Å². The van der Waals surface area contributed by atoms with Crippen molar-refractivity contribution >= 4 is 43.5 Å². The number of carbonyl (C=O) groups excluding carboxylic acids is 2. The largest absolute Gasteiger partial charge is 0.497 e. The zero-order chi connectivity index (χ0) is 30.7. The first-order chi connectivity index (χ1) is 20.1. The minimum absolute atomic E-state index is 0.0295. The van der Waals surface area contributed by atoms with Crippen LogP contribution in [0, 0.1) is 0 Å². The van der Waals surface area contributed by atoms with Crippen molar-refractivity contribution in [3.63, 3.8) is 0 Å². The van der Waals surface area contributed by atoms with Crippen molar-refractivity contribution in [1.82, 2.24) is 10.2 Å². The molecular formula is C31H38BrN3O6S. The van der Waals surface area contributed by atoms with Gasteiger partial charge in [0.05, 0.1) is 24.3 Å². The van der Waals surface area contributed by atoms with Crippen LogP contribution in [-0.4, -0.2) is 58.0 Å². The standard InChI is InChI=1S/C31H38BrN3O6S/c1-5-20-33-31(37)29(6-2)34(21-23-8-14-26(40-4)15-9-23)30(36)22-35(25-12-16-27(17-13-25)41-7-3)42(38,39)28-18-10-24(32)11-19-28/h8-19,29H,5-7,20-22H2,1-4H3,(H,33,37). The number of methoxy groups -OCH3 is 1. The number of carbonyl (C=O) groups is 2. The molecule has 0 fully saturated rings. The summed E-state index contributed by atoms with van der Waals surface area (Å²) in [7, 11) is -2.60. The fourth-order valence-electron chi connectivity index (χ4n) is 4.35. The Balaban J connectivity index is 2.04. The predicted molar refractivity (Wildman–Crippen MR) is 167 cm³/mol. The lowest BCUT2D eigenvalue weighted by Gasteiger charge is -2.33. The van der Waals surface area contributed by atoms with Crippen LogP contribution < -0.4 is 19.1 Å². The molecule has 0 spiro atoms. The fourth-order valence-corrected chi connectivity index (χ4v) is 6.03. The van der Waals surface area contributed by atoms with Crippen molar-refractivity contribution in [2.75, 3.05) is 31.1 Å². The van der Waals surface area contributed by atoms with Crippen LogP contribution in [0.25, 0.3) is 0 Å². The number of nitrogens with one attached hydrogen (secondary N) is 1. The monoisotopic (exact) mass is 659 g/mol. The minimum atomic E-state index is -4.17. The molecule has 0 saturated carbocycles. The molecule has 0 bridgehead atoms. The molecule has 11 heteroatoms. The van der Waals surface area contributed by atoms with Crippen molar-refractivity contribution in [3.05, 3.63) is 82.8 Å². The third kappa shape index (κ3) is 8.48. The van der Waals surface area contributed by atoms with E-state index in [0.717, 1.165) is 20.8 Å². The number of nitrogens with zero attached hydrogens (tertiary/aromatic N) is 2. The maximum absolute atomic E-state index is 14.1. The van der Waals surface area contributed by atoms with Crippen LogP contribution in [0.15, 0.2) is 82.2 Å². The maximum Gasteiger partial charge on any atom is 0.264 e. The summed E-state index contributed by atoms with van der Waals surface area (Å²) in [5, 5.41) is 2.88. The molecule has 3 rings (SSSR count). The Morgan fingerprint density at radius 3 is 2.07 bits per heavy atom. The molecule has 0 aliphatic carbocycles. The number of hydrogen-bond acceptors (Lipinski definition) is 6. The Kier molecular flexibility index (Phi) is 12.2. The van der Waals surface area contributed by atoms with E-state index in [1.54, 1.807) is 55.6 Å². The second-order valence-electron chi connectivity index (χ2n) is 9.48. The van der Waals surface area contributed by atoms with Crippen molar-refractivity contribution in [3.8, 4) is 11.5 Å². The normalized spacial score (nSPS) is 11.8. The zero-order valence-corrected chi connectivity index (χ0v) is 26.8. The lowest BCUT2D eigenvalue weighted by Crippen LogP contribution is -2.52. The van der Waals surface area contributed by atoms with Gasteiger partial charge in [0.1, 0.15) is 24.1 Å². The van der Waals surface area contributed by atoms with Gasteiger partial charge in [0.15, 0.2) is 0 Å². The van der Waals surface area contributed by atoms with E-state index in [-0.39, 0.29) is 17.3 Å². The third-order valence-corrected chi connectivity index (χ3v) is 8.88. The molecule has 9 nitrogen and oxygen atoms in total. The van der Waals surface area contributed by atoms with E-state index in [4.69, 9.17) is 9.47 Å². The molecule has 42 heavy (non-hydrogen) atoms. The summed E-state index contributed by atoms with van der Waals surface area (Å²) in [6, 6.07) is 19.1. The van der Waals surface area contributed by atoms with Crippen LogP contribution in [0.1, 0.15) is 39.2 Å². The summed E-state index contributed by atoms with van der Waals surface area (Å²) in [6.07, 6.45) is 1.09. The number of sulfonamides is 1. The number of amides is 2. The number of hydrogen-bond donors (Lipinski definition) is 1. The van der Waals surface area contributed by atoms with Gasteiger partial charge in [-0.3, -0.25) is 13.9 Å². The molecule has 0 aliphatic rings. The van der Waals surface area contributed by atoms with Gasteiger partial charge in [-0.25, -0.2) is 8.42 Å². The molecule has 2 amide bonds. The highest BCUT2D eigenvalue weighted by molar-refractivity contribution is 9.10. The highest BCUT2D eigenvalue weighted by Crippen LogP contribution is 2.28. The van der Waals surface area contributed by atoms with E-state index in [2.05, 4.69) is 21.2 Å². The van der Waals surface area contributed by atoms with Gasteiger partial charge in [-0.2, -0.15) is 0 Å². The van der Waals surface area contributed by atoms with E-state index in [9.17, 15) is 18.0 Å². The average molecular weight is 661 g/mol. The topological polar surface area (TPSA) is 105 Å². The van der Waals surface area contributed by atoms with E-state index >= 15 is 0 Å². The van der Waals surface area contributed by atoms with Crippen LogP contribution >= 0.6 is 15.9 Å². The lowest BCUT2D eigenvalue weighted by atomic mass is 10.1. The van der Waals surface area contributed by atoms with Crippen LogP contribution in [0.5, 0.6) is 11.5 Å². The van der Waals surface area contributed by atoms with Gasteiger partial charge in [0.25, 0.3) is 10.0 Å². The summed E-state index contributed by atoms with van der Waals surface area (Å²) in [5.41, 5.74) is 1.07. The minimum Gasteiger partial charge on any atom is -0.497 e. The van der Waals surface area contributed by atoms with E-state index in [1.807, 2.05) is 32.9 Å². The second kappa shape index (κ2) is 15.6. The highest BCUT2D eigenvalue weighted by atomic mass is 79.9. The van der Waals surface area contributed by atoms with Crippen molar-refractivity contribution in [1.29, 1.82) is 0 Å². The van der Waals surface area contributed by atoms with Crippen LogP contribution in [0.4, 0.5) is 5.69 Å². The second-order valence-corrected chi connectivity index (χ2v) is 12.3. The molecule has 0 saturated heterocycles. The van der Waals surface area contributed by atoms with Crippen LogP contribution in [0.3, 0.4) is 0 Å². The van der Waals surface area contributed by atoms with E-state index in [0.29, 0.717) is 36.8 Å². The summed E-state index contributed by atoms with van der Waals surface area (Å²) in [4.78, 5) is 28.8. The quantitative estimate of drug-likeness (QED) is 0.235. The van der Waals surface area contributed by atoms with Gasteiger partial charge in [-0.05, 0) is 86.0 Å². The molecule has 0 heterocycles. The van der Waals surface area contributed by atoms with Gasteiger partial charge < -0.3 is 19.7 Å². The summed E-state index contributed by atoms with van der Waals surface area (Å²) in [6.45, 7) is 6.15.